The molecule has 3 heterocycles. The number of pyridine rings is 1. The maximum atomic E-state index is 12.7. The Balaban J connectivity index is 1.72. The minimum absolute atomic E-state index is 0.00281. The molecule has 0 aliphatic heterocycles. The molecule has 1 aromatic carbocycles. The first-order chi connectivity index (χ1) is 12.0. The Morgan fingerprint density at radius 1 is 0.800 bits per heavy atom. The summed E-state index contributed by atoms with van der Waals surface area (Å²) >= 11 is 0. The van der Waals surface area contributed by atoms with E-state index in [0.29, 0.717) is 5.69 Å². The van der Waals surface area contributed by atoms with Gasteiger partial charge in [-0.1, -0.05) is 30.3 Å². The molecule has 0 unspecified atom stereocenters. The predicted molar refractivity (Wildman–Crippen MR) is 86.7 cm³/mol. The summed E-state index contributed by atoms with van der Waals surface area (Å²) in [6.07, 6.45) is -0.0174. The fraction of sp³-hybridized carbons (Fsp3) is 0.0556. The first kappa shape index (κ1) is 15.3. The van der Waals surface area contributed by atoms with Gasteiger partial charge in [-0.3, -0.25) is 9.38 Å². The standard InChI is InChI=1S/C18H11F3N4/c19-18(20,21)16-8-9-25-15(11-23-17(25)24-16)13-6-7-14(22-10-13)12-4-2-1-3-5-12/h1-11H. The van der Waals surface area contributed by atoms with Gasteiger partial charge in [-0.05, 0) is 18.2 Å². The van der Waals surface area contributed by atoms with Crippen LogP contribution in [0.5, 0.6) is 0 Å². The zero-order valence-corrected chi connectivity index (χ0v) is 12.8. The molecule has 0 aliphatic rings. The highest BCUT2D eigenvalue weighted by Gasteiger charge is 2.32. The zero-order valence-electron chi connectivity index (χ0n) is 12.8. The third-order valence-corrected chi connectivity index (χ3v) is 3.80. The lowest BCUT2D eigenvalue weighted by atomic mass is 10.1. The smallest absolute Gasteiger partial charge is 0.284 e. The van der Waals surface area contributed by atoms with Crippen LogP contribution in [0.15, 0.2) is 67.1 Å². The van der Waals surface area contributed by atoms with Gasteiger partial charge in [0.2, 0.25) is 5.78 Å². The van der Waals surface area contributed by atoms with Gasteiger partial charge in [-0.2, -0.15) is 13.2 Å². The molecular weight excluding hydrogens is 329 g/mol. The monoisotopic (exact) mass is 340 g/mol. The average Bonchev–Trinajstić information content (AvgIpc) is 3.05. The van der Waals surface area contributed by atoms with E-state index in [0.717, 1.165) is 22.9 Å². The number of hydrogen-bond donors (Lipinski definition) is 0. The van der Waals surface area contributed by atoms with E-state index in [1.165, 1.54) is 16.8 Å². The van der Waals surface area contributed by atoms with Crippen molar-refractivity contribution in [3.8, 4) is 22.5 Å². The number of halogens is 3. The summed E-state index contributed by atoms with van der Waals surface area (Å²) in [6.45, 7) is 0. The molecule has 0 amide bonds. The molecule has 0 fully saturated rings. The van der Waals surface area contributed by atoms with Crippen molar-refractivity contribution in [3.05, 3.63) is 72.8 Å². The second-order valence-electron chi connectivity index (χ2n) is 5.42. The van der Waals surface area contributed by atoms with Gasteiger partial charge in [0.1, 0.15) is 5.69 Å². The lowest BCUT2D eigenvalue weighted by molar-refractivity contribution is -0.141. The molecule has 0 saturated carbocycles. The predicted octanol–water partition coefficient (Wildman–Crippen LogP) is 4.48. The summed E-state index contributed by atoms with van der Waals surface area (Å²) in [5, 5.41) is 0. The highest BCUT2D eigenvalue weighted by atomic mass is 19.4. The van der Waals surface area contributed by atoms with Crippen LogP contribution in [0, 0.1) is 0 Å². The molecule has 124 valence electrons. The van der Waals surface area contributed by atoms with Gasteiger partial charge in [0.05, 0.1) is 17.6 Å². The molecule has 0 N–H and O–H groups in total. The minimum atomic E-state index is -4.49. The Labute approximate surface area is 140 Å². The number of benzene rings is 1. The summed E-state index contributed by atoms with van der Waals surface area (Å²) in [5.74, 6) is -0.00281. The Hall–Kier alpha value is -3.22. The van der Waals surface area contributed by atoms with E-state index in [9.17, 15) is 13.2 Å². The number of fused-ring (bicyclic) bond motifs is 1. The topological polar surface area (TPSA) is 43.1 Å². The first-order valence-electron chi connectivity index (χ1n) is 7.45. The highest BCUT2D eigenvalue weighted by molar-refractivity contribution is 5.66. The normalized spacial score (nSPS) is 11.8. The maximum absolute atomic E-state index is 12.7. The Morgan fingerprint density at radius 2 is 1.60 bits per heavy atom. The lowest BCUT2D eigenvalue weighted by Gasteiger charge is -2.07. The zero-order chi connectivity index (χ0) is 17.4. The van der Waals surface area contributed by atoms with Crippen molar-refractivity contribution in [3.63, 3.8) is 0 Å². The third-order valence-electron chi connectivity index (χ3n) is 3.80. The molecular formula is C18H11F3N4. The van der Waals surface area contributed by atoms with Crippen LogP contribution in [-0.2, 0) is 6.18 Å². The van der Waals surface area contributed by atoms with E-state index in [4.69, 9.17) is 0 Å². The number of nitrogens with zero attached hydrogens (tertiary/aromatic N) is 4. The minimum Gasteiger partial charge on any atom is -0.284 e. The number of hydrogen-bond acceptors (Lipinski definition) is 3. The van der Waals surface area contributed by atoms with Crippen LogP contribution < -0.4 is 0 Å². The van der Waals surface area contributed by atoms with Crippen molar-refractivity contribution in [1.29, 1.82) is 0 Å². The molecule has 4 rings (SSSR count). The molecule has 0 saturated heterocycles. The summed E-state index contributed by atoms with van der Waals surface area (Å²) < 4.78 is 39.7. The Morgan fingerprint density at radius 3 is 2.28 bits per heavy atom. The van der Waals surface area contributed by atoms with E-state index in [2.05, 4.69) is 15.0 Å². The van der Waals surface area contributed by atoms with E-state index in [1.54, 1.807) is 6.20 Å². The third kappa shape index (κ3) is 2.84. The van der Waals surface area contributed by atoms with Crippen LogP contribution in [0.25, 0.3) is 28.3 Å². The van der Waals surface area contributed by atoms with Crippen LogP contribution in [0.2, 0.25) is 0 Å². The molecule has 0 bridgehead atoms. The maximum Gasteiger partial charge on any atom is 0.433 e. The van der Waals surface area contributed by atoms with Crippen LogP contribution >= 0.6 is 0 Å². The van der Waals surface area contributed by atoms with Gasteiger partial charge in [-0.15, -0.1) is 0 Å². The highest BCUT2D eigenvalue weighted by Crippen LogP contribution is 2.29. The van der Waals surface area contributed by atoms with Crippen molar-refractivity contribution in [2.75, 3.05) is 0 Å². The van der Waals surface area contributed by atoms with Gasteiger partial charge in [0.15, 0.2) is 0 Å². The molecule has 25 heavy (non-hydrogen) atoms. The first-order valence-corrected chi connectivity index (χ1v) is 7.45. The second-order valence-corrected chi connectivity index (χ2v) is 5.42. The van der Waals surface area contributed by atoms with Crippen molar-refractivity contribution in [2.24, 2.45) is 0 Å². The largest absolute Gasteiger partial charge is 0.433 e. The number of imidazole rings is 1. The van der Waals surface area contributed by atoms with E-state index in [1.807, 2.05) is 42.5 Å². The lowest BCUT2D eigenvalue weighted by Crippen LogP contribution is -2.09. The van der Waals surface area contributed by atoms with Crippen molar-refractivity contribution in [1.82, 2.24) is 19.4 Å². The van der Waals surface area contributed by atoms with Gasteiger partial charge in [0, 0.05) is 23.5 Å². The summed E-state index contributed by atoms with van der Waals surface area (Å²) in [6, 6.07) is 14.4. The fourth-order valence-electron chi connectivity index (χ4n) is 2.57. The Kier molecular flexibility index (Phi) is 3.49. The fourth-order valence-corrected chi connectivity index (χ4v) is 2.57. The van der Waals surface area contributed by atoms with Crippen LogP contribution in [-0.4, -0.2) is 19.4 Å². The van der Waals surface area contributed by atoms with Crippen LogP contribution in [0.1, 0.15) is 5.69 Å². The van der Waals surface area contributed by atoms with Gasteiger partial charge < -0.3 is 0 Å². The molecule has 4 aromatic rings. The van der Waals surface area contributed by atoms with Crippen molar-refractivity contribution < 1.29 is 13.2 Å². The van der Waals surface area contributed by atoms with Gasteiger partial charge in [0.25, 0.3) is 0 Å². The molecule has 0 radical (unpaired) electrons. The molecule has 0 spiro atoms. The van der Waals surface area contributed by atoms with E-state index >= 15 is 0 Å². The van der Waals surface area contributed by atoms with Crippen molar-refractivity contribution >= 4 is 5.78 Å². The molecule has 4 nitrogen and oxygen atoms in total. The SMILES string of the molecule is FC(F)(F)c1ccn2c(-c3ccc(-c4ccccc4)nc3)cnc2n1. The summed E-state index contributed by atoms with van der Waals surface area (Å²) in [5.41, 5.74) is 2.21. The number of alkyl halides is 3. The van der Waals surface area contributed by atoms with Crippen molar-refractivity contribution in [2.45, 2.75) is 6.18 Å². The molecule has 7 heteroatoms. The second kappa shape index (κ2) is 5.70. The van der Waals surface area contributed by atoms with E-state index < -0.39 is 11.9 Å². The summed E-state index contributed by atoms with van der Waals surface area (Å²) in [7, 11) is 0. The summed E-state index contributed by atoms with van der Waals surface area (Å²) in [4.78, 5) is 12.0. The molecule has 0 aliphatic carbocycles. The number of aromatic nitrogens is 4. The van der Waals surface area contributed by atoms with Crippen LogP contribution in [0.3, 0.4) is 0 Å². The van der Waals surface area contributed by atoms with Gasteiger partial charge >= 0.3 is 6.18 Å². The average molecular weight is 340 g/mol. The Bertz CT molecular complexity index is 1020. The molecule has 3 aromatic heterocycles. The van der Waals surface area contributed by atoms with Crippen LogP contribution in [0.4, 0.5) is 13.2 Å². The quantitative estimate of drug-likeness (QED) is 0.540. The van der Waals surface area contributed by atoms with Gasteiger partial charge in [-0.25, -0.2) is 9.97 Å². The van der Waals surface area contributed by atoms with E-state index in [-0.39, 0.29) is 5.78 Å². The molecule has 0 atom stereocenters. The number of rotatable bonds is 2.